The van der Waals surface area contributed by atoms with Gasteiger partial charge in [-0.05, 0) is 50.3 Å². The average molecular weight is 261 g/mol. The topological polar surface area (TPSA) is 12.0 Å². The molecule has 19 heavy (non-hydrogen) atoms. The standard InChI is InChI=1S/C18H31N/c1-6-8-14(3)13-18(19-11-7-2)17-10-9-15(4)12-16(17)5/h9-10,12,14,18-19H,6-8,11,13H2,1-5H3. The zero-order valence-corrected chi connectivity index (χ0v) is 13.4. The van der Waals surface area contributed by atoms with Crippen LogP contribution in [0, 0.1) is 19.8 Å². The molecule has 1 N–H and O–H groups in total. The Hall–Kier alpha value is -0.820. The van der Waals surface area contributed by atoms with Gasteiger partial charge in [-0.2, -0.15) is 0 Å². The van der Waals surface area contributed by atoms with E-state index in [1.165, 1.54) is 42.4 Å². The van der Waals surface area contributed by atoms with E-state index in [0.29, 0.717) is 6.04 Å². The number of rotatable bonds is 8. The molecule has 0 heterocycles. The fraction of sp³-hybridized carbons (Fsp3) is 0.667. The molecular formula is C18H31N. The van der Waals surface area contributed by atoms with E-state index in [0.717, 1.165) is 12.5 Å². The normalized spacial score (nSPS) is 14.4. The lowest BCUT2D eigenvalue weighted by molar-refractivity contribution is 0.389. The fourth-order valence-corrected chi connectivity index (χ4v) is 2.87. The van der Waals surface area contributed by atoms with Crippen molar-refractivity contribution in [3.05, 3.63) is 34.9 Å². The first-order chi connectivity index (χ1) is 9.08. The molecule has 0 spiro atoms. The minimum atomic E-state index is 0.516. The molecule has 1 aromatic rings. The van der Waals surface area contributed by atoms with Crippen LogP contribution in [0.5, 0.6) is 0 Å². The van der Waals surface area contributed by atoms with Crippen molar-refractivity contribution < 1.29 is 0 Å². The maximum absolute atomic E-state index is 3.74. The quantitative estimate of drug-likeness (QED) is 0.680. The first-order valence-corrected chi connectivity index (χ1v) is 7.89. The Morgan fingerprint density at radius 3 is 2.42 bits per heavy atom. The van der Waals surface area contributed by atoms with Gasteiger partial charge in [0.15, 0.2) is 0 Å². The van der Waals surface area contributed by atoms with Crippen molar-refractivity contribution in [3.8, 4) is 0 Å². The van der Waals surface area contributed by atoms with Gasteiger partial charge in [0.2, 0.25) is 0 Å². The van der Waals surface area contributed by atoms with E-state index >= 15 is 0 Å². The van der Waals surface area contributed by atoms with Crippen LogP contribution in [0.25, 0.3) is 0 Å². The largest absolute Gasteiger partial charge is 0.310 e. The van der Waals surface area contributed by atoms with Crippen LogP contribution in [0.2, 0.25) is 0 Å². The van der Waals surface area contributed by atoms with Gasteiger partial charge in [0.1, 0.15) is 0 Å². The van der Waals surface area contributed by atoms with E-state index in [1.807, 2.05) is 0 Å². The van der Waals surface area contributed by atoms with E-state index in [-0.39, 0.29) is 0 Å². The van der Waals surface area contributed by atoms with Crippen LogP contribution in [-0.2, 0) is 0 Å². The summed E-state index contributed by atoms with van der Waals surface area (Å²) in [4.78, 5) is 0. The number of benzene rings is 1. The maximum atomic E-state index is 3.74. The maximum Gasteiger partial charge on any atom is 0.0325 e. The number of aryl methyl sites for hydroxylation is 2. The third kappa shape index (κ3) is 5.36. The number of hydrogen-bond donors (Lipinski definition) is 1. The first-order valence-electron chi connectivity index (χ1n) is 7.89. The summed E-state index contributed by atoms with van der Waals surface area (Å²) in [6, 6.07) is 7.38. The summed E-state index contributed by atoms with van der Waals surface area (Å²) >= 11 is 0. The summed E-state index contributed by atoms with van der Waals surface area (Å²) in [5.41, 5.74) is 4.27. The Bertz CT molecular complexity index is 370. The van der Waals surface area contributed by atoms with Crippen LogP contribution in [-0.4, -0.2) is 6.54 Å². The van der Waals surface area contributed by atoms with Gasteiger partial charge < -0.3 is 5.32 Å². The SMILES string of the molecule is CCCNC(CC(C)CCC)c1ccc(C)cc1C. The van der Waals surface area contributed by atoms with Gasteiger partial charge in [0, 0.05) is 6.04 Å². The smallest absolute Gasteiger partial charge is 0.0325 e. The third-order valence-corrected chi connectivity index (χ3v) is 3.86. The van der Waals surface area contributed by atoms with Gasteiger partial charge in [-0.15, -0.1) is 0 Å². The molecule has 0 fully saturated rings. The van der Waals surface area contributed by atoms with Gasteiger partial charge in [0.25, 0.3) is 0 Å². The van der Waals surface area contributed by atoms with E-state index in [2.05, 4.69) is 58.1 Å². The van der Waals surface area contributed by atoms with Crippen LogP contribution in [0.1, 0.15) is 69.2 Å². The van der Waals surface area contributed by atoms with E-state index in [9.17, 15) is 0 Å². The molecule has 1 nitrogen and oxygen atoms in total. The second kappa shape index (κ2) is 8.37. The van der Waals surface area contributed by atoms with Crippen LogP contribution in [0.4, 0.5) is 0 Å². The molecule has 2 unspecified atom stereocenters. The highest BCUT2D eigenvalue weighted by Gasteiger charge is 2.16. The molecule has 0 aliphatic heterocycles. The molecule has 0 aliphatic rings. The fourth-order valence-electron chi connectivity index (χ4n) is 2.87. The highest BCUT2D eigenvalue weighted by Crippen LogP contribution is 2.26. The summed E-state index contributed by atoms with van der Waals surface area (Å²) in [5.74, 6) is 0.792. The molecule has 0 bridgehead atoms. The highest BCUT2D eigenvalue weighted by atomic mass is 14.9. The van der Waals surface area contributed by atoms with E-state index in [4.69, 9.17) is 0 Å². The van der Waals surface area contributed by atoms with Crippen molar-refractivity contribution in [2.45, 2.75) is 66.3 Å². The molecule has 1 rings (SSSR count). The summed E-state index contributed by atoms with van der Waals surface area (Å²) < 4.78 is 0. The first kappa shape index (κ1) is 16.2. The molecule has 1 aromatic carbocycles. The summed E-state index contributed by atoms with van der Waals surface area (Å²) in [5, 5.41) is 3.74. The van der Waals surface area contributed by atoms with Gasteiger partial charge in [0.05, 0.1) is 0 Å². The van der Waals surface area contributed by atoms with Crippen molar-refractivity contribution in [1.82, 2.24) is 5.32 Å². The van der Waals surface area contributed by atoms with E-state index in [1.54, 1.807) is 0 Å². The molecule has 0 amide bonds. The zero-order valence-electron chi connectivity index (χ0n) is 13.4. The van der Waals surface area contributed by atoms with Gasteiger partial charge in [-0.3, -0.25) is 0 Å². The zero-order chi connectivity index (χ0) is 14.3. The van der Waals surface area contributed by atoms with E-state index < -0.39 is 0 Å². The van der Waals surface area contributed by atoms with Crippen LogP contribution < -0.4 is 5.32 Å². The average Bonchev–Trinajstić information content (AvgIpc) is 2.35. The van der Waals surface area contributed by atoms with Crippen molar-refractivity contribution in [2.24, 2.45) is 5.92 Å². The Morgan fingerprint density at radius 1 is 1.11 bits per heavy atom. The predicted molar refractivity (Wildman–Crippen MR) is 85.6 cm³/mol. The lowest BCUT2D eigenvalue weighted by atomic mass is 9.90. The lowest BCUT2D eigenvalue weighted by Crippen LogP contribution is -2.24. The minimum absolute atomic E-state index is 0.516. The molecule has 0 saturated carbocycles. The van der Waals surface area contributed by atoms with Gasteiger partial charge in [-0.25, -0.2) is 0 Å². The van der Waals surface area contributed by atoms with Gasteiger partial charge >= 0.3 is 0 Å². The molecule has 108 valence electrons. The molecule has 1 heteroatoms. The van der Waals surface area contributed by atoms with Crippen LogP contribution in [0.3, 0.4) is 0 Å². The second-order valence-corrected chi connectivity index (χ2v) is 6.00. The molecule has 2 atom stereocenters. The molecule has 0 aliphatic carbocycles. The van der Waals surface area contributed by atoms with Crippen molar-refractivity contribution in [2.75, 3.05) is 6.54 Å². The summed E-state index contributed by atoms with van der Waals surface area (Å²) in [6.07, 6.45) is 5.06. The van der Waals surface area contributed by atoms with Crippen molar-refractivity contribution in [3.63, 3.8) is 0 Å². The van der Waals surface area contributed by atoms with Crippen LogP contribution in [0.15, 0.2) is 18.2 Å². The Morgan fingerprint density at radius 2 is 1.84 bits per heavy atom. The predicted octanol–water partition coefficient (Wildman–Crippen LogP) is 5.17. The molecule has 0 radical (unpaired) electrons. The van der Waals surface area contributed by atoms with Gasteiger partial charge in [-0.1, -0.05) is 57.4 Å². The minimum Gasteiger partial charge on any atom is -0.310 e. The monoisotopic (exact) mass is 261 g/mol. The molecule has 0 saturated heterocycles. The summed E-state index contributed by atoms with van der Waals surface area (Å²) in [6.45, 7) is 12.4. The number of nitrogens with one attached hydrogen (secondary N) is 1. The van der Waals surface area contributed by atoms with Crippen molar-refractivity contribution >= 4 is 0 Å². The lowest BCUT2D eigenvalue weighted by Gasteiger charge is -2.24. The Kier molecular flexibility index (Phi) is 7.15. The highest BCUT2D eigenvalue weighted by molar-refractivity contribution is 5.32. The summed E-state index contributed by atoms with van der Waals surface area (Å²) in [7, 11) is 0. The van der Waals surface area contributed by atoms with Crippen molar-refractivity contribution in [1.29, 1.82) is 0 Å². The number of hydrogen-bond acceptors (Lipinski definition) is 1. The molecule has 0 aromatic heterocycles. The van der Waals surface area contributed by atoms with Crippen LogP contribution >= 0.6 is 0 Å². The molecular weight excluding hydrogens is 230 g/mol. The Labute approximate surface area is 119 Å². The second-order valence-electron chi connectivity index (χ2n) is 6.00. The Balaban J connectivity index is 2.82. The third-order valence-electron chi connectivity index (χ3n) is 3.86.